The molecule has 1 unspecified atom stereocenters. The van der Waals surface area contributed by atoms with Crippen LogP contribution >= 0.6 is 22.3 Å². The highest BCUT2D eigenvalue weighted by atomic mass is 32.2. The quantitative estimate of drug-likeness (QED) is 0.664. The predicted octanol–water partition coefficient (Wildman–Crippen LogP) is 1.51. The first-order valence-electron chi connectivity index (χ1n) is 3.63. The first-order valence-corrected chi connectivity index (χ1v) is 5.99. The van der Waals surface area contributed by atoms with Crippen molar-refractivity contribution >= 4 is 28.3 Å². The summed E-state index contributed by atoms with van der Waals surface area (Å²) in [4.78, 5) is 11.2. The lowest BCUT2D eigenvalue weighted by Crippen LogP contribution is -2.21. The van der Waals surface area contributed by atoms with Crippen LogP contribution in [0.5, 0.6) is 0 Å². The minimum absolute atomic E-state index is 0.316. The molecule has 5 nitrogen and oxygen atoms in total. The Bertz CT molecular complexity index is 462. The third-order valence-corrected chi connectivity index (χ3v) is 4.01. The van der Waals surface area contributed by atoms with Crippen molar-refractivity contribution in [3.63, 3.8) is 0 Å². The first kappa shape index (κ1) is 11.0. The van der Waals surface area contributed by atoms with Crippen molar-refractivity contribution in [1.29, 1.82) is 5.26 Å². The average Bonchev–Trinajstić information content (AvgIpc) is 2.60. The zero-order valence-corrected chi connectivity index (χ0v) is 9.28. The minimum Gasteiger partial charge on any atom is -0.340 e. The van der Waals surface area contributed by atoms with Gasteiger partial charge in [-0.15, -0.1) is 0 Å². The third-order valence-electron chi connectivity index (χ3n) is 1.45. The molecular weight excluding hydrogens is 222 g/mol. The van der Waals surface area contributed by atoms with E-state index >= 15 is 0 Å². The minimum atomic E-state index is -0.993. The molecule has 1 amide bonds. The van der Waals surface area contributed by atoms with Crippen LogP contribution in [-0.2, 0) is 0 Å². The SMILES string of the molecule is CNC(=O)n1cc(C#N)c(=S(C)O)s1. The van der Waals surface area contributed by atoms with Gasteiger partial charge in [-0.3, -0.25) is 0 Å². The molecule has 0 aromatic carbocycles. The number of carbonyl (C=O) groups is 1. The van der Waals surface area contributed by atoms with Crippen molar-refractivity contribution in [2.75, 3.05) is 13.3 Å². The molecule has 1 aromatic rings. The number of nitrogens with one attached hydrogen (secondary N) is 1. The van der Waals surface area contributed by atoms with E-state index < -0.39 is 10.8 Å². The summed E-state index contributed by atoms with van der Waals surface area (Å²) in [6, 6.07) is 1.62. The summed E-state index contributed by atoms with van der Waals surface area (Å²) in [7, 11) is 0.512. The van der Waals surface area contributed by atoms with Crippen molar-refractivity contribution in [1.82, 2.24) is 9.27 Å². The molecule has 0 bridgehead atoms. The van der Waals surface area contributed by atoms with Gasteiger partial charge >= 0.3 is 6.03 Å². The molecule has 14 heavy (non-hydrogen) atoms. The van der Waals surface area contributed by atoms with Crippen LogP contribution in [-0.4, -0.2) is 27.8 Å². The number of carbonyl (C=O) groups excluding carboxylic acids is 1. The zero-order valence-electron chi connectivity index (χ0n) is 7.64. The summed E-state index contributed by atoms with van der Waals surface area (Å²) < 4.78 is 11.2. The molecule has 76 valence electrons. The topological polar surface area (TPSA) is 78.0 Å². The van der Waals surface area contributed by atoms with E-state index in [4.69, 9.17) is 5.26 Å². The second-order valence-corrected chi connectivity index (χ2v) is 5.00. The van der Waals surface area contributed by atoms with Gasteiger partial charge in [-0.05, 0) is 22.3 Å². The molecule has 1 heterocycles. The summed E-state index contributed by atoms with van der Waals surface area (Å²) in [5, 5.41) is 11.2. The van der Waals surface area contributed by atoms with E-state index in [0.717, 1.165) is 11.5 Å². The van der Waals surface area contributed by atoms with Crippen molar-refractivity contribution < 1.29 is 9.35 Å². The maximum Gasteiger partial charge on any atom is 0.334 e. The van der Waals surface area contributed by atoms with Crippen LogP contribution in [0.25, 0.3) is 0 Å². The Morgan fingerprint density at radius 1 is 1.86 bits per heavy atom. The van der Waals surface area contributed by atoms with E-state index in [1.165, 1.54) is 17.2 Å². The smallest absolute Gasteiger partial charge is 0.334 e. The van der Waals surface area contributed by atoms with Crippen LogP contribution in [0.1, 0.15) is 5.56 Å². The Hall–Kier alpha value is -1.10. The fourth-order valence-corrected chi connectivity index (χ4v) is 2.63. The predicted molar refractivity (Wildman–Crippen MR) is 56.3 cm³/mol. The Morgan fingerprint density at radius 3 is 2.86 bits per heavy atom. The molecule has 0 fully saturated rings. The summed E-state index contributed by atoms with van der Waals surface area (Å²) >= 11 is 1.07. The lowest BCUT2D eigenvalue weighted by molar-refractivity contribution is 0.246. The van der Waals surface area contributed by atoms with E-state index in [0.29, 0.717) is 9.39 Å². The molecule has 2 N–H and O–H groups in total. The highest BCUT2D eigenvalue weighted by Crippen LogP contribution is 2.18. The molecule has 1 atom stereocenters. The molecule has 0 saturated heterocycles. The Morgan fingerprint density at radius 2 is 2.50 bits per heavy atom. The Labute approximate surface area is 87.5 Å². The summed E-state index contributed by atoms with van der Waals surface area (Å²) in [5.74, 6) is 0. The summed E-state index contributed by atoms with van der Waals surface area (Å²) in [6.07, 6.45) is 3.00. The lowest BCUT2D eigenvalue weighted by atomic mass is 10.4. The standard InChI is InChI=1S/C7H9N3O2S2/c1-9-7(11)10-4-5(3-8)6(13-10)14(2)12/h4,12H,1-2H3,(H,9,11). The molecule has 1 rings (SSSR count). The van der Waals surface area contributed by atoms with Gasteiger partial charge in [0.05, 0.1) is 5.56 Å². The third kappa shape index (κ3) is 2.04. The normalized spacial score (nSPS) is 13.1. The average molecular weight is 231 g/mol. The molecule has 0 aliphatic heterocycles. The lowest BCUT2D eigenvalue weighted by Gasteiger charge is -1.95. The Balaban J connectivity index is 3.38. The van der Waals surface area contributed by atoms with Gasteiger partial charge in [-0.1, -0.05) is 0 Å². The highest BCUT2D eigenvalue weighted by Gasteiger charge is 2.07. The monoisotopic (exact) mass is 231 g/mol. The molecule has 0 radical (unpaired) electrons. The van der Waals surface area contributed by atoms with Crippen LogP contribution in [0, 0.1) is 15.2 Å². The summed E-state index contributed by atoms with van der Waals surface area (Å²) in [5.41, 5.74) is 0.340. The van der Waals surface area contributed by atoms with Gasteiger partial charge in [0.1, 0.15) is 9.89 Å². The molecule has 1 aromatic heterocycles. The van der Waals surface area contributed by atoms with Crippen molar-refractivity contribution in [2.24, 2.45) is 0 Å². The first-order chi connectivity index (χ1) is 6.60. The van der Waals surface area contributed by atoms with Crippen molar-refractivity contribution in [3.05, 3.63) is 15.6 Å². The number of amides is 1. The van der Waals surface area contributed by atoms with Crippen LogP contribution in [0.3, 0.4) is 0 Å². The van der Waals surface area contributed by atoms with Gasteiger partial charge in [-0.25, -0.2) is 8.75 Å². The van der Waals surface area contributed by atoms with Gasteiger partial charge in [0.15, 0.2) is 0 Å². The van der Waals surface area contributed by atoms with Crippen molar-refractivity contribution in [2.45, 2.75) is 0 Å². The van der Waals surface area contributed by atoms with Gasteiger partial charge in [0.25, 0.3) is 0 Å². The van der Waals surface area contributed by atoms with E-state index in [1.807, 2.05) is 6.07 Å². The number of rotatable bonds is 0. The van der Waals surface area contributed by atoms with Crippen molar-refractivity contribution in [3.8, 4) is 6.07 Å². The van der Waals surface area contributed by atoms with Gasteiger partial charge in [0.2, 0.25) is 0 Å². The maximum atomic E-state index is 11.2. The van der Waals surface area contributed by atoms with Crippen LogP contribution in [0.2, 0.25) is 0 Å². The molecule has 7 heteroatoms. The fraction of sp³-hybridized carbons (Fsp3) is 0.286. The molecular formula is C7H9N3O2S2. The number of nitriles is 1. The fourth-order valence-electron chi connectivity index (χ4n) is 0.833. The van der Waals surface area contributed by atoms with E-state index in [-0.39, 0.29) is 6.03 Å². The van der Waals surface area contributed by atoms with Crippen LogP contribution in [0.4, 0.5) is 4.79 Å². The second kappa shape index (κ2) is 4.41. The highest BCUT2D eigenvalue weighted by molar-refractivity contribution is 8.04. The van der Waals surface area contributed by atoms with E-state index in [2.05, 4.69) is 5.32 Å². The number of hydrogen-bond donors (Lipinski definition) is 2. The second-order valence-electron chi connectivity index (χ2n) is 2.39. The van der Waals surface area contributed by atoms with Gasteiger partial charge in [0, 0.05) is 19.5 Å². The largest absolute Gasteiger partial charge is 0.340 e. The van der Waals surface area contributed by atoms with Gasteiger partial charge < -0.3 is 9.87 Å². The van der Waals surface area contributed by atoms with E-state index in [9.17, 15) is 9.35 Å². The molecule has 0 saturated carbocycles. The molecule has 0 aliphatic rings. The van der Waals surface area contributed by atoms with Gasteiger partial charge in [-0.2, -0.15) is 5.26 Å². The Kier molecular flexibility index (Phi) is 3.46. The number of hydrogen-bond acceptors (Lipinski definition) is 4. The van der Waals surface area contributed by atoms with Crippen LogP contribution < -0.4 is 5.32 Å². The molecule has 0 spiro atoms. The molecule has 0 aliphatic carbocycles. The summed E-state index contributed by atoms with van der Waals surface area (Å²) in [6.45, 7) is 0. The zero-order chi connectivity index (χ0) is 10.7. The maximum absolute atomic E-state index is 11.2. The number of aromatic nitrogens is 1. The van der Waals surface area contributed by atoms with Crippen LogP contribution in [0.15, 0.2) is 6.20 Å². The number of nitrogens with zero attached hydrogens (tertiary/aromatic N) is 2. The van der Waals surface area contributed by atoms with E-state index in [1.54, 1.807) is 6.26 Å².